The Labute approximate surface area is 224 Å². The Morgan fingerprint density at radius 3 is 2.37 bits per heavy atom. The predicted molar refractivity (Wildman–Crippen MR) is 145 cm³/mol. The van der Waals surface area contributed by atoms with Crippen molar-refractivity contribution >= 4 is 11.8 Å². The van der Waals surface area contributed by atoms with Crippen molar-refractivity contribution in [2.24, 2.45) is 0 Å². The lowest BCUT2D eigenvalue weighted by atomic mass is 10.0. The van der Waals surface area contributed by atoms with Crippen LogP contribution in [0.25, 0.3) is 11.4 Å². The smallest absolute Gasteiger partial charge is 0.247 e. The van der Waals surface area contributed by atoms with Crippen LogP contribution in [0.3, 0.4) is 0 Å². The number of rotatable bonds is 12. The van der Waals surface area contributed by atoms with Crippen LogP contribution >= 0.6 is 0 Å². The van der Waals surface area contributed by atoms with Gasteiger partial charge in [0.25, 0.3) is 0 Å². The maximum Gasteiger partial charge on any atom is 0.247 e. The second-order valence-corrected chi connectivity index (χ2v) is 9.95. The van der Waals surface area contributed by atoms with Gasteiger partial charge in [-0.05, 0) is 50.8 Å². The van der Waals surface area contributed by atoms with E-state index in [9.17, 15) is 9.59 Å². The van der Waals surface area contributed by atoms with Gasteiger partial charge in [0, 0.05) is 31.4 Å². The van der Waals surface area contributed by atoms with Gasteiger partial charge in [0.05, 0.1) is 0 Å². The molecular weight excluding hydrogens is 480 g/mol. The van der Waals surface area contributed by atoms with Crippen LogP contribution in [-0.2, 0) is 20.9 Å². The minimum Gasteiger partial charge on any atom is -0.382 e. The molecule has 0 radical (unpaired) electrons. The number of carbonyl (C=O) groups is 2. The highest BCUT2D eigenvalue weighted by Crippen LogP contribution is 2.25. The molecule has 0 spiro atoms. The van der Waals surface area contributed by atoms with E-state index < -0.39 is 6.04 Å². The van der Waals surface area contributed by atoms with E-state index in [-0.39, 0.29) is 24.4 Å². The number of hydrogen-bond acceptors (Lipinski definition) is 6. The van der Waals surface area contributed by atoms with Crippen LogP contribution in [0.15, 0.2) is 48.5 Å². The summed E-state index contributed by atoms with van der Waals surface area (Å²) in [5, 5.41) is 15.9. The molecule has 3 aromatic rings. The van der Waals surface area contributed by atoms with Gasteiger partial charge in [0.2, 0.25) is 17.6 Å². The zero-order chi connectivity index (χ0) is 26.9. The number of carbonyl (C=O) groups excluding carboxylic acids is 2. The lowest BCUT2D eigenvalue weighted by Gasteiger charge is -2.32. The number of tetrazole rings is 1. The van der Waals surface area contributed by atoms with Crippen molar-refractivity contribution in [2.45, 2.75) is 71.5 Å². The molecule has 0 unspecified atom stereocenters. The van der Waals surface area contributed by atoms with Crippen LogP contribution in [0.4, 0.5) is 0 Å². The minimum atomic E-state index is -0.759. The second-order valence-electron chi connectivity index (χ2n) is 9.95. The molecule has 0 aliphatic heterocycles. The highest BCUT2D eigenvalue weighted by Gasteiger charge is 2.33. The monoisotopic (exact) mass is 518 g/mol. The predicted octanol–water partition coefficient (Wildman–Crippen LogP) is 4.01. The van der Waals surface area contributed by atoms with E-state index in [1.807, 2.05) is 69.3 Å². The van der Waals surface area contributed by atoms with Crippen molar-refractivity contribution in [1.82, 2.24) is 30.4 Å². The molecule has 9 heteroatoms. The van der Waals surface area contributed by atoms with E-state index in [2.05, 4.69) is 20.7 Å². The van der Waals surface area contributed by atoms with Crippen molar-refractivity contribution in [1.29, 1.82) is 0 Å². The number of amides is 2. The molecule has 38 heavy (non-hydrogen) atoms. The number of nitrogens with zero attached hydrogens (tertiary/aromatic N) is 5. The molecule has 1 aromatic heterocycles. The van der Waals surface area contributed by atoms with Gasteiger partial charge < -0.3 is 15.0 Å². The molecule has 9 nitrogen and oxygen atoms in total. The number of aryl methyl sites for hydroxylation is 2. The summed E-state index contributed by atoms with van der Waals surface area (Å²) in [5.41, 5.74) is 3.84. The molecule has 1 atom stereocenters. The molecule has 1 fully saturated rings. The first-order valence-corrected chi connectivity index (χ1v) is 13.5. The summed E-state index contributed by atoms with van der Waals surface area (Å²) in [4.78, 5) is 30.4. The van der Waals surface area contributed by atoms with E-state index >= 15 is 0 Å². The minimum absolute atomic E-state index is 0.118. The van der Waals surface area contributed by atoms with Crippen molar-refractivity contribution in [2.75, 3.05) is 19.8 Å². The van der Waals surface area contributed by atoms with Crippen molar-refractivity contribution < 1.29 is 14.3 Å². The third-order valence-electron chi connectivity index (χ3n) is 6.91. The van der Waals surface area contributed by atoms with Gasteiger partial charge >= 0.3 is 0 Å². The first-order chi connectivity index (χ1) is 18.4. The van der Waals surface area contributed by atoms with E-state index in [0.717, 1.165) is 47.9 Å². The van der Waals surface area contributed by atoms with Crippen LogP contribution in [0.2, 0.25) is 0 Å². The average Bonchev–Trinajstić information content (AvgIpc) is 3.59. The summed E-state index contributed by atoms with van der Waals surface area (Å²) in [6.07, 6.45) is 4.76. The standard InChI is InChI=1S/C29H38N6O3/c1-4-38-19-7-18-34(26(36)20-35-32-28(31-33-35)24-16-12-22(3)13-17-24)27(23-14-10-21(2)11-15-23)29(37)30-25-8-5-6-9-25/h10-17,25,27H,4-9,18-20H2,1-3H3,(H,30,37)/t27-/m0/s1. The van der Waals surface area contributed by atoms with E-state index in [1.54, 1.807) is 4.90 Å². The molecule has 1 aliphatic rings. The largest absolute Gasteiger partial charge is 0.382 e. The molecule has 2 aromatic carbocycles. The van der Waals surface area contributed by atoms with Gasteiger partial charge in [0.1, 0.15) is 12.6 Å². The summed E-state index contributed by atoms with van der Waals surface area (Å²) in [6.45, 7) is 7.31. The average molecular weight is 519 g/mol. The number of ether oxygens (including phenoxy) is 1. The van der Waals surface area contributed by atoms with Gasteiger partial charge in [-0.15, -0.1) is 10.2 Å². The lowest BCUT2D eigenvalue weighted by molar-refractivity contribution is -0.142. The van der Waals surface area contributed by atoms with Gasteiger partial charge in [-0.25, -0.2) is 0 Å². The molecule has 1 N–H and O–H groups in total. The highest BCUT2D eigenvalue weighted by molar-refractivity contribution is 5.89. The first-order valence-electron chi connectivity index (χ1n) is 13.5. The molecule has 202 valence electrons. The van der Waals surface area contributed by atoms with E-state index in [0.29, 0.717) is 32.0 Å². The van der Waals surface area contributed by atoms with E-state index in [4.69, 9.17) is 4.74 Å². The SMILES string of the molecule is CCOCCCN(C(=O)Cn1nnc(-c2ccc(C)cc2)n1)[C@H](C(=O)NC1CCCC1)c1ccc(C)cc1. The topological polar surface area (TPSA) is 102 Å². The van der Waals surface area contributed by atoms with Crippen molar-refractivity contribution in [3.05, 3.63) is 65.2 Å². The molecule has 0 bridgehead atoms. The second kappa shape index (κ2) is 13.3. The van der Waals surface area contributed by atoms with Crippen molar-refractivity contribution in [3.63, 3.8) is 0 Å². The van der Waals surface area contributed by atoms with Crippen LogP contribution in [-0.4, -0.2) is 62.7 Å². The van der Waals surface area contributed by atoms with Gasteiger partial charge in [-0.1, -0.05) is 72.5 Å². The number of aromatic nitrogens is 4. The third-order valence-corrected chi connectivity index (χ3v) is 6.91. The zero-order valence-electron chi connectivity index (χ0n) is 22.6. The Morgan fingerprint density at radius 2 is 1.71 bits per heavy atom. The third kappa shape index (κ3) is 7.25. The Morgan fingerprint density at radius 1 is 1.05 bits per heavy atom. The molecule has 1 aliphatic carbocycles. The molecule has 1 saturated carbocycles. The normalized spacial score (nSPS) is 14.4. The molecular formula is C29H38N6O3. The fraction of sp³-hybridized carbons (Fsp3) is 0.483. The van der Waals surface area contributed by atoms with Gasteiger partial charge in [-0.2, -0.15) is 4.80 Å². The fourth-order valence-electron chi connectivity index (χ4n) is 4.79. The molecule has 4 rings (SSSR count). The summed E-state index contributed by atoms with van der Waals surface area (Å²) in [6, 6.07) is 15.0. The van der Waals surface area contributed by atoms with Crippen LogP contribution in [0.1, 0.15) is 61.8 Å². The van der Waals surface area contributed by atoms with Crippen LogP contribution < -0.4 is 5.32 Å². The quantitative estimate of drug-likeness (QED) is 0.364. The van der Waals surface area contributed by atoms with Gasteiger partial charge in [-0.3, -0.25) is 9.59 Å². The lowest BCUT2D eigenvalue weighted by Crippen LogP contribution is -2.47. The summed E-state index contributed by atoms with van der Waals surface area (Å²) in [5.74, 6) is 0.0497. The first kappa shape index (κ1) is 27.4. The highest BCUT2D eigenvalue weighted by atomic mass is 16.5. The summed E-state index contributed by atoms with van der Waals surface area (Å²) in [7, 11) is 0. The summed E-state index contributed by atoms with van der Waals surface area (Å²) < 4.78 is 5.53. The Bertz CT molecular complexity index is 1190. The number of hydrogen-bond donors (Lipinski definition) is 1. The summed E-state index contributed by atoms with van der Waals surface area (Å²) >= 11 is 0. The van der Waals surface area contributed by atoms with E-state index in [1.165, 1.54) is 4.80 Å². The number of nitrogens with one attached hydrogen (secondary N) is 1. The van der Waals surface area contributed by atoms with Gasteiger partial charge in [0.15, 0.2) is 0 Å². The fourth-order valence-corrected chi connectivity index (χ4v) is 4.79. The molecule has 1 heterocycles. The van der Waals surface area contributed by atoms with Crippen LogP contribution in [0.5, 0.6) is 0 Å². The number of benzene rings is 2. The molecule has 0 saturated heterocycles. The maximum absolute atomic E-state index is 13.8. The zero-order valence-corrected chi connectivity index (χ0v) is 22.6. The van der Waals surface area contributed by atoms with Crippen LogP contribution in [0, 0.1) is 13.8 Å². The van der Waals surface area contributed by atoms with Crippen molar-refractivity contribution in [3.8, 4) is 11.4 Å². The Kier molecular flexibility index (Phi) is 9.59. The Hall–Kier alpha value is -3.59. The Balaban J connectivity index is 1.58. The maximum atomic E-state index is 13.8. The molecule has 2 amide bonds.